The van der Waals surface area contributed by atoms with Crippen molar-refractivity contribution in [1.29, 1.82) is 0 Å². The molecule has 3 aromatic heterocycles. The summed E-state index contributed by atoms with van der Waals surface area (Å²) >= 11 is 6.67. The summed E-state index contributed by atoms with van der Waals surface area (Å²) in [4.78, 5) is 32.6. The molecule has 4 heterocycles. The summed E-state index contributed by atoms with van der Waals surface area (Å²) in [5.74, 6) is 1.01. The molecule has 6 rings (SSSR count). The van der Waals surface area contributed by atoms with E-state index in [1.807, 2.05) is 60.8 Å². The van der Waals surface area contributed by atoms with E-state index in [1.165, 1.54) is 0 Å². The number of anilines is 2. The zero-order chi connectivity index (χ0) is 23.9. The van der Waals surface area contributed by atoms with E-state index in [2.05, 4.69) is 29.7 Å². The number of nitrogen functional groups attached to an aromatic ring is 1. The monoisotopic (exact) mass is 485 g/mol. The van der Waals surface area contributed by atoms with Gasteiger partial charge in [0.2, 0.25) is 0 Å². The fourth-order valence-corrected chi connectivity index (χ4v) is 4.93. The van der Waals surface area contributed by atoms with Gasteiger partial charge in [0.05, 0.1) is 22.4 Å². The molecule has 35 heavy (non-hydrogen) atoms. The zero-order valence-electron chi connectivity index (χ0n) is 19.0. The summed E-state index contributed by atoms with van der Waals surface area (Å²) in [6.45, 7) is 4.36. The number of para-hydroxylation sites is 2. The van der Waals surface area contributed by atoms with Crippen molar-refractivity contribution in [2.45, 2.75) is 6.54 Å². The minimum Gasteiger partial charge on any atom is -0.396 e. The van der Waals surface area contributed by atoms with Gasteiger partial charge in [-0.25, -0.2) is 9.97 Å². The van der Waals surface area contributed by atoms with Crippen LogP contribution in [0.25, 0.3) is 33.3 Å². The predicted molar refractivity (Wildman–Crippen MR) is 141 cm³/mol. The fraction of sp³-hybridized carbons (Fsp3) is 0.192. The Hall–Kier alpha value is -3.88. The Morgan fingerprint density at radius 2 is 1.77 bits per heavy atom. The van der Waals surface area contributed by atoms with E-state index in [0.29, 0.717) is 27.4 Å². The summed E-state index contributed by atoms with van der Waals surface area (Å²) in [6, 6.07) is 17.3. The van der Waals surface area contributed by atoms with Gasteiger partial charge in [0.1, 0.15) is 5.82 Å². The van der Waals surface area contributed by atoms with E-state index < -0.39 is 0 Å². The lowest BCUT2D eigenvalue weighted by atomic mass is 10.1. The van der Waals surface area contributed by atoms with Crippen molar-refractivity contribution in [2.24, 2.45) is 0 Å². The Morgan fingerprint density at radius 3 is 2.57 bits per heavy atom. The number of nitrogens with one attached hydrogen (secondary N) is 2. The summed E-state index contributed by atoms with van der Waals surface area (Å²) in [5.41, 5.74) is 10.7. The van der Waals surface area contributed by atoms with Crippen molar-refractivity contribution in [3.8, 4) is 11.4 Å². The largest absolute Gasteiger partial charge is 0.396 e. The molecular formula is C26H24ClN7O. The molecule has 1 aliphatic rings. The van der Waals surface area contributed by atoms with Crippen LogP contribution in [0.3, 0.4) is 0 Å². The maximum absolute atomic E-state index is 12.8. The predicted octanol–water partition coefficient (Wildman–Crippen LogP) is 4.02. The average molecular weight is 486 g/mol. The molecule has 8 nitrogen and oxygen atoms in total. The maximum Gasteiger partial charge on any atom is 0.276 e. The Labute approximate surface area is 206 Å². The number of nitrogens with zero attached hydrogens (tertiary/aromatic N) is 4. The molecule has 0 spiro atoms. The van der Waals surface area contributed by atoms with Gasteiger partial charge in [0.25, 0.3) is 5.56 Å². The smallest absolute Gasteiger partial charge is 0.276 e. The SMILES string of the molecule is Nc1c(-c2nc3ccccc3[nH]c2=O)[nH]c2cc(Cl)c(CN3CCN(c4ccccn4)CC3)cc12. The van der Waals surface area contributed by atoms with Crippen LogP contribution in [0.2, 0.25) is 5.02 Å². The van der Waals surface area contributed by atoms with E-state index in [4.69, 9.17) is 17.3 Å². The molecule has 9 heteroatoms. The van der Waals surface area contributed by atoms with E-state index in [1.54, 1.807) is 0 Å². The number of fused-ring (bicyclic) bond motifs is 2. The highest BCUT2D eigenvalue weighted by Crippen LogP contribution is 2.34. The van der Waals surface area contributed by atoms with E-state index in [9.17, 15) is 4.79 Å². The Kier molecular flexibility index (Phi) is 5.39. The first-order valence-electron chi connectivity index (χ1n) is 11.5. The molecule has 1 aliphatic heterocycles. The highest BCUT2D eigenvalue weighted by Gasteiger charge is 2.21. The number of benzene rings is 2. The molecule has 1 fully saturated rings. The van der Waals surface area contributed by atoms with Crippen molar-refractivity contribution < 1.29 is 0 Å². The Balaban J connectivity index is 1.28. The molecule has 176 valence electrons. The number of halogens is 1. The van der Waals surface area contributed by atoms with Gasteiger partial charge in [0.15, 0.2) is 5.69 Å². The molecule has 4 N–H and O–H groups in total. The fourth-order valence-electron chi connectivity index (χ4n) is 4.70. The van der Waals surface area contributed by atoms with Crippen molar-refractivity contribution in [3.63, 3.8) is 0 Å². The molecule has 0 aliphatic carbocycles. The molecule has 0 unspecified atom stereocenters. The topological polar surface area (TPSA) is 107 Å². The lowest BCUT2D eigenvalue weighted by Crippen LogP contribution is -2.46. The minimum atomic E-state index is -0.293. The number of hydrogen-bond donors (Lipinski definition) is 3. The highest BCUT2D eigenvalue weighted by molar-refractivity contribution is 6.32. The zero-order valence-corrected chi connectivity index (χ0v) is 19.7. The third-order valence-corrected chi connectivity index (χ3v) is 6.93. The molecule has 0 atom stereocenters. The number of pyridine rings is 1. The quantitative estimate of drug-likeness (QED) is 0.355. The number of rotatable bonds is 4. The first-order chi connectivity index (χ1) is 17.1. The number of hydrogen-bond acceptors (Lipinski definition) is 6. The lowest BCUT2D eigenvalue weighted by Gasteiger charge is -2.35. The number of piperazine rings is 1. The van der Waals surface area contributed by atoms with Crippen LogP contribution in [0, 0.1) is 0 Å². The van der Waals surface area contributed by atoms with Gasteiger partial charge in [-0.3, -0.25) is 9.69 Å². The van der Waals surface area contributed by atoms with Crippen LogP contribution in [-0.4, -0.2) is 51.0 Å². The molecule has 0 radical (unpaired) electrons. The average Bonchev–Trinajstić information content (AvgIpc) is 3.19. The summed E-state index contributed by atoms with van der Waals surface area (Å²) in [6.07, 6.45) is 1.83. The second-order valence-electron chi connectivity index (χ2n) is 8.79. The number of aromatic amines is 2. The highest BCUT2D eigenvalue weighted by atomic mass is 35.5. The minimum absolute atomic E-state index is 0.265. The number of nitrogens with two attached hydrogens (primary N) is 1. The van der Waals surface area contributed by atoms with Crippen LogP contribution < -0.4 is 16.2 Å². The summed E-state index contributed by atoms with van der Waals surface area (Å²) < 4.78 is 0. The molecule has 5 aromatic rings. The van der Waals surface area contributed by atoms with E-state index in [0.717, 1.165) is 55.0 Å². The molecule has 0 amide bonds. The van der Waals surface area contributed by atoms with Crippen LogP contribution in [-0.2, 0) is 6.54 Å². The number of H-pyrrole nitrogens is 2. The van der Waals surface area contributed by atoms with Gasteiger partial charge < -0.3 is 20.6 Å². The van der Waals surface area contributed by atoms with Gasteiger partial charge in [-0.1, -0.05) is 29.8 Å². The Morgan fingerprint density at radius 1 is 0.971 bits per heavy atom. The van der Waals surface area contributed by atoms with E-state index >= 15 is 0 Å². The van der Waals surface area contributed by atoms with Crippen LogP contribution in [0.1, 0.15) is 5.56 Å². The standard InChI is InChI=1S/C26H24ClN7O/c27-18-14-21-17(13-16(18)15-33-9-11-34(12-10-33)22-7-3-4-8-29-22)23(28)24(31-21)25-26(35)32-20-6-2-1-5-19(20)30-25/h1-8,13-14,31H,9-12,15,28H2,(H,32,35). The van der Waals surface area contributed by atoms with E-state index in [-0.39, 0.29) is 11.3 Å². The van der Waals surface area contributed by atoms with Gasteiger partial charge in [-0.05, 0) is 42.0 Å². The van der Waals surface area contributed by atoms with Crippen LogP contribution in [0.5, 0.6) is 0 Å². The molecule has 1 saturated heterocycles. The molecule has 0 saturated carbocycles. The summed E-state index contributed by atoms with van der Waals surface area (Å²) in [5, 5.41) is 1.50. The second kappa shape index (κ2) is 8.72. The first-order valence-corrected chi connectivity index (χ1v) is 11.9. The van der Waals surface area contributed by atoms with Gasteiger partial charge in [0, 0.05) is 54.8 Å². The first kappa shape index (κ1) is 21.6. The van der Waals surface area contributed by atoms with Crippen LogP contribution in [0.15, 0.2) is 65.6 Å². The van der Waals surface area contributed by atoms with Gasteiger partial charge in [-0.15, -0.1) is 0 Å². The number of aromatic nitrogens is 4. The van der Waals surface area contributed by atoms with Crippen molar-refractivity contribution in [3.05, 3.63) is 81.7 Å². The van der Waals surface area contributed by atoms with Crippen LogP contribution >= 0.6 is 11.6 Å². The molecular weight excluding hydrogens is 462 g/mol. The second-order valence-corrected chi connectivity index (χ2v) is 9.19. The molecule has 2 aromatic carbocycles. The maximum atomic E-state index is 12.8. The van der Waals surface area contributed by atoms with Crippen molar-refractivity contribution in [1.82, 2.24) is 24.8 Å². The van der Waals surface area contributed by atoms with Crippen LogP contribution in [0.4, 0.5) is 11.5 Å². The van der Waals surface area contributed by atoms with Gasteiger partial charge >= 0.3 is 0 Å². The normalized spacial score (nSPS) is 14.7. The summed E-state index contributed by atoms with van der Waals surface area (Å²) in [7, 11) is 0. The Bertz CT molecular complexity index is 1590. The third-order valence-electron chi connectivity index (χ3n) is 6.58. The molecule has 0 bridgehead atoms. The van der Waals surface area contributed by atoms with Crippen molar-refractivity contribution in [2.75, 3.05) is 36.8 Å². The van der Waals surface area contributed by atoms with Gasteiger partial charge in [-0.2, -0.15) is 0 Å². The van der Waals surface area contributed by atoms with Crippen molar-refractivity contribution >= 4 is 45.0 Å². The lowest BCUT2D eigenvalue weighted by molar-refractivity contribution is 0.249. The third kappa shape index (κ3) is 4.00.